The van der Waals surface area contributed by atoms with E-state index in [4.69, 9.17) is 16.6 Å². The Morgan fingerprint density at radius 3 is 2.70 bits per heavy atom. The van der Waals surface area contributed by atoms with Crippen LogP contribution in [0.2, 0.25) is 5.02 Å². The van der Waals surface area contributed by atoms with Gasteiger partial charge in [0, 0.05) is 33.1 Å². The molecule has 0 amide bonds. The van der Waals surface area contributed by atoms with Gasteiger partial charge in [0.05, 0.1) is 11.9 Å². The Balaban J connectivity index is 1.69. The maximum absolute atomic E-state index is 14.4. The number of nitrogens with zero attached hydrogens (tertiary/aromatic N) is 3. The first-order valence-corrected chi connectivity index (χ1v) is 11.7. The van der Waals surface area contributed by atoms with Gasteiger partial charge in [-0.1, -0.05) is 23.7 Å². The molecule has 33 heavy (non-hydrogen) atoms. The number of hydrogen-bond acceptors (Lipinski definition) is 4. The first kappa shape index (κ1) is 20.4. The molecular weight excluding hydrogens is 464 g/mol. The van der Waals surface area contributed by atoms with E-state index >= 15 is 0 Å². The average molecular weight is 480 g/mol. The van der Waals surface area contributed by atoms with Crippen LogP contribution in [0.1, 0.15) is 29.9 Å². The number of fused-ring (bicyclic) bond motifs is 3. The second kappa shape index (κ2) is 7.71. The summed E-state index contributed by atoms with van der Waals surface area (Å²) in [5.41, 5.74) is 1.71. The van der Waals surface area contributed by atoms with Gasteiger partial charge >= 0.3 is 0 Å². The Bertz CT molecular complexity index is 1610. The third kappa shape index (κ3) is 3.52. The summed E-state index contributed by atoms with van der Waals surface area (Å²) in [7, 11) is 0. The molecule has 5 aromatic rings. The molecule has 0 aliphatic heterocycles. The molecule has 1 saturated carbocycles. The fraction of sp³-hybridized carbons (Fsp3) is 0.160. The predicted octanol–water partition coefficient (Wildman–Crippen LogP) is 6.53. The zero-order valence-electron chi connectivity index (χ0n) is 17.2. The van der Waals surface area contributed by atoms with E-state index in [9.17, 15) is 13.6 Å². The van der Waals surface area contributed by atoms with Crippen molar-refractivity contribution in [2.45, 2.75) is 25.3 Å². The second-order valence-electron chi connectivity index (χ2n) is 8.24. The molecule has 0 radical (unpaired) electrons. The quantitative estimate of drug-likeness (QED) is 0.294. The highest BCUT2D eigenvalue weighted by atomic mass is 35.5. The third-order valence-electron chi connectivity index (χ3n) is 5.97. The van der Waals surface area contributed by atoms with Gasteiger partial charge in [-0.05, 0) is 60.2 Å². The standard InChI is InChI=1S/C25H16ClF2N3OS/c26-15-5-6-16-21(8-15)33-24-22(16)25(32)31(12-13-2-1-7-29-11-13)23(30-24)18-10-20(28)19(27)9-17(18)14-3-4-14/h1-2,5-11,14H,3-4,12H2. The fourth-order valence-electron chi connectivity index (χ4n) is 4.25. The Morgan fingerprint density at radius 2 is 1.94 bits per heavy atom. The number of hydrogen-bond donors (Lipinski definition) is 0. The highest BCUT2D eigenvalue weighted by molar-refractivity contribution is 7.25. The van der Waals surface area contributed by atoms with Crippen molar-refractivity contribution in [3.63, 3.8) is 0 Å². The van der Waals surface area contributed by atoms with Crippen LogP contribution in [0, 0.1) is 11.6 Å². The van der Waals surface area contributed by atoms with Crippen LogP contribution in [0.5, 0.6) is 0 Å². The summed E-state index contributed by atoms with van der Waals surface area (Å²) in [4.78, 5) is 23.4. The van der Waals surface area contributed by atoms with Crippen molar-refractivity contribution in [1.29, 1.82) is 0 Å². The van der Waals surface area contributed by atoms with E-state index in [-0.39, 0.29) is 18.0 Å². The monoisotopic (exact) mass is 479 g/mol. The largest absolute Gasteiger partial charge is 0.287 e. The SMILES string of the molecule is O=c1c2c(nc(-c3cc(F)c(F)cc3C3CC3)n1Cc1cccnc1)sc1cc(Cl)ccc12. The summed E-state index contributed by atoms with van der Waals surface area (Å²) >= 11 is 7.53. The van der Waals surface area contributed by atoms with Crippen molar-refractivity contribution in [2.75, 3.05) is 0 Å². The van der Waals surface area contributed by atoms with Gasteiger partial charge in [0.15, 0.2) is 11.6 Å². The van der Waals surface area contributed by atoms with Gasteiger partial charge in [0.25, 0.3) is 5.56 Å². The Labute approximate surface area is 196 Å². The first-order chi connectivity index (χ1) is 16.0. The van der Waals surface area contributed by atoms with Crippen molar-refractivity contribution in [3.05, 3.63) is 93.0 Å². The molecule has 0 spiro atoms. The lowest BCUT2D eigenvalue weighted by Crippen LogP contribution is -2.24. The van der Waals surface area contributed by atoms with Gasteiger partial charge in [0.1, 0.15) is 10.7 Å². The van der Waals surface area contributed by atoms with Crippen LogP contribution < -0.4 is 5.56 Å². The molecule has 0 bridgehead atoms. The minimum absolute atomic E-state index is 0.135. The molecule has 1 fully saturated rings. The lowest BCUT2D eigenvalue weighted by molar-refractivity contribution is 0.507. The molecule has 0 atom stereocenters. The van der Waals surface area contributed by atoms with E-state index in [0.717, 1.165) is 28.5 Å². The molecule has 8 heteroatoms. The smallest absolute Gasteiger partial charge is 0.263 e. The van der Waals surface area contributed by atoms with Gasteiger partial charge in [-0.2, -0.15) is 0 Å². The molecule has 1 aliphatic carbocycles. The molecule has 0 saturated heterocycles. The molecule has 0 unspecified atom stereocenters. The Morgan fingerprint density at radius 1 is 1.12 bits per heavy atom. The first-order valence-electron chi connectivity index (χ1n) is 10.5. The maximum atomic E-state index is 14.4. The number of benzene rings is 2. The molecule has 0 N–H and O–H groups in total. The number of pyridine rings is 1. The summed E-state index contributed by atoms with van der Waals surface area (Å²) in [6, 6.07) is 11.4. The van der Waals surface area contributed by atoms with E-state index in [0.29, 0.717) is 32.2 Å². The number of rotatable bonds is 4. The second-order valence-corrected chi connectivity index (χ2v) is 9.71. The molecule has 4 nitrogen and oxygen atoms in total. The lowest BCUT2D eigenvalue weighted by Gasteiger charge is -2.16. The van der Waals surface area contributed by atoms with Crippen molar-refractivity contribution in [3.8, 4) is 11.4 Å². The predicted molar refractivity (Wildman–Crippen MR) is 127 cm³/mol. The minimum Gasteiger partial charge on any atom is -0.287 e. The zero-order valence-corrected chi connectivity index (χ0v) is 18.8. The molecule has 6 rings (SSSR count). The summed E-state index contributed by atoms with van der Waals surface area (Å²) < 4.78 is 30.9. The highest BCUT2D eigenvalue weighted by Gasteiger charge is 2.30. The number of thiophene rings is 1. The normalized spacial score (nSPS) is 13.8. The number of aromatic nitrogens is 3. The van der Waals surface area contributed by atoms with Crippen molar-refractivity contribution in [1.82, 2.24) is 14.5 Å². The van der Waals surface area contributed by atoms with Crippen LogP contribution in [0.15, 0.2) is 59.7 Å². The van der Waals surface area contributed by atoms with Gasteiger partial charge in [-0.3, -0.25) is 14.3 Å². The summed E-state index contributed by atoms with van der Waals surface area (Å²) in [6.45, 7) is 0.207. The summed E-state index contributed by atoms with van der Waals surface area (Å²) in [5, 5.41) is 1.84. The topological polar surface area (TPSA) is 47.8 Å². The van der Waals surface area contributed by atoms with Crippen LogP contribution in [-0.4, -0.2) is 14.5 Å². The van der Waals surface area contributed by atoms with Crippen LogP contribution >= 0.6 is 22.9 Å². The lowest BCUT2D eigenvalue weighted by atomic mass is 10.0. The third-order valence-corrected chi connectivity index (χ3v) is 7.25. The Hall–Kier alpha value is -3.16. The van der Waals surface area contributed by atoms with Gasteiger partial charge in [0.2, 0.25) is 0 Å². The van der Waals surface area contributed by atoms with Crippen molar-refractivity contribution < 1.29 is 8.78 Å². The summed E-state index contributed by atoms with van der Waals surface area (Å²) in [6.07, 6.45) is 5.13. The van der Waals surface area contributed by atoms with Crippen molar-refractivity contribution >= 4 is 43.2 Å². The van der Waals surface area contributed by atoms with E-state index in [1.807, 2.05) is 12.1 Å². The highest BCUT2D eigenvalue weighted by Crippen LogP contribution is 2.45. The van der Waals surface area contributed by atoms with E-state index in [1.54, 1.807) is 35.2 Å². The van der Waals surface area contributed by atoms with Crippen molar-refractivity contribution in [2.24, 2.45) is 0 Å². The molecule has 3 aromatic heterocycles. The van der Waals surface area contributed by atoms with Crippen LogP contribution in [0.3, 0.4) is 0 Å². The fourth-order valence-corrected chi connectivity index (χ4v) is 5.59. The van der Waals surface area contributed by atoms with Gasteiger partial charge in [-0.15, -0.1) is 11.3 Å². The molecule has 1 aliphatic rings. The molecule has 2 aromatic carbocycles. The van der Waals surface area contributed by atoms with E-state index < -0.39 is 11.6 Å². The summed E-state index contributed by atoms with van der Waals surface area (Å²) in [5.74, 6) is -1.38. The van der Waals surface area contributed by atoms with Gasteiger partial charge in [-0.25, -0.2) is 13.8 Å². The zero-order chi connectivity index (χ0) is 22.7. The molecule has 164 valence electrons. The molecular formula is C25H16ClF2N3OS. The number of halogens is 3. The molecule has 3 heterocycles. The Kier molecular flexibility index (Phi) is 4.78. The van der Waals surface area contributed by atoms with Crippen LogP contribution in [0.25, 0.3) is 31.7 Å². The van der Waals surface area contributed by atoms with E-state index in [1.165, 1.54) is 23.5 Å². The van der Waals surface area contributed by atoms with Crippen LogP contribution in [-0.2, 0) is 6.54 Å². The average Bonchev–Trinajstić information content (AvgIpc) is 3.58. The minimum atomic E-state index is -0.959. The van der Waals surface area contributed by atoms with Crippen LogP contribution in [0.4, 0.5) is 8.78 Å². The van der Waals surface area contributed by atoms with Gasteiger partial charge < -0.3 is 0 Å². The maximum Gasteiger partial charge on any atom is 0.263 e. The van der Waals surface area contributed by atoms with E-state index in [2.05, 4.69) is 4.98 Å².